The standard InChI is InChI=1S/C11H15FN2/c1-6-4-10(13)9(12)5-8(6)11(14)7-2-3-7/h4-5,7,11H,2-3,13-14H2,1H3/t11-/m1/s1. The topological polar surface area (TPSA) is 52.0 Å². The molecule has 1 aliphatic rings. The van der Waals surface area contributed by atoms with Gasteiger partial charge in [-0.2, -0.15) is 0 Å². The van der Waals surface area contributed by atoms with Crippen molar-refractivity contribution in [1.82, 2.24) is 0 Å². The molecule has 2 rings (SSSR count). The molecule has 0 radical (unpaired) electrons. The summed E-state index contributed by atoms with van der Waals surface area (Å²) in [5, 5.41) is 0. The minimum atomic E-state index is -0.360. The number of nitrogen functional groups attached to an aromatic ring is 1. The van der Waals surface area contributed by atoms with E-state index in [1.165, 1.54) is 6.07 Å². The van der Waals surface area contributed by atoms with Crippen molar-refractivity contribution in [2.75, 3.05) is 5.73 Å². The van der Waals surface area contributed by atoms with E-state index in [1.807, 2.05) is 6.92 Å². The maximum absolute atomic E-state index is 13.2. The van der Waals surface area contributed by atoms with Crippen molar-refractivity contribution in [3.63, 3.8) is 0 Å². The van der Waals surface area contributed by atoms with Crippen molar-refractivity contribution in [2.24, 2.45) is 11.7 Å². The molecule has 4 N–H and O–H groups in total. The predicted molar refractivity (Wildman–Crippen MR) is 55.2 cm³/mol. The third-order valence-corrected chi connectivity index (χ3v) is 2.87. The number of nitrogens with two attached hydrogens (primary N) is 2. The molecular weight excluding hydrogens is 179 g/mol. The highest BCUT2D eigenvalue weighted by molar-refractivity contribution is 5.47. The Kier molecular flexibility index (Phi) is 2.19. The van der Waals surface area contributed by atoms with Gasteiger partial charge in [0.25, 0.3) is 0 Å². The molecule has 0 unspecified atom stereocenters. The second-order valence-corrected chi connectivity index (χ2v) is 4.09. The van der Waals surface area contributed by atoms with E-state index < -0.39 is 0 Å². The fourth-order valence-corrected chi connectivity index (χ4v) is 1.79. The van der Waals surface area contributed by atoms with Crippen LogP contribution in [0.4, 0.5) is 10.1 Å². The highest BCUT2D eigenvalue weighted by Crippen LogP contribution is 2.40. The van der Waals surface area contributed by atoms with Gasteiger partial charge in [0.05, 0.1) is 5.69 Å². The Morgan fingerprint density at radius 3 is 2.64 bits per heavy atom. The molecule has 1 saturated carbocycles. The van der Waals surface area contributed by atoms with Crippen LogP contribution in [0.3, 0.4) is 0 Å². The molecular formula is C11H15FN2. The van der Waals surface area contributed by atoms with Gasteiger partial charge >= 0.3 is 0 Å². The minimum absolute atomic E-state index is 0.0231. The predicted octanol–water partition coefficient (Wildman–Crippen LogP) is 2.13. The molecule has 0 aromatic heterocycles. The largest absolute Gasteiger partial charge is 0.396 e. The SMILES string of the molecule is Cc1cc(N)c(F)cc1[C@H](N)C1CC1. The van der Waals surface area contributed by atoms with Crippen LogP contribution in [0.25, 0.3) is 0 Å². The Balaban J connectivity index is 2.36. The van der Waals surface area contributed by atoms with Gasteiger partial charge in [0.2, 0.25) is 0 Å². The highest BCUT2D eigenvalue weighted by Gasteiger charge is 2.30. The van der Waals surface area contributed by atoms with Crippen LogP contribution in [-0.2, 0) is 0 Å². The summed E-state index contributed by atoms with van der Waals surface area (Å²) in [6.45, 7) is 1.92. The molecule has 1 atom stereocenters. The van der Waals surface area contributed by atoms with E-state index in [9.17, 15) is 4.39 Å². The first-order valence-electron chi connectivity index (χ1n) is 4.90. The van der Waals surface area contributed by atoms with Crippen molar-refractivity contribution in [3.05, 3.63) is 29.1 Å². The average Bonchev–Trinajstić information content (AvgIpc) is 2.93. The molecule has 0 spiro atoms. The first-order chi connectivity index (χ1) is 6.59. The summed E-state index contributed by atoms with van der Waals surface area (Å²) in [5.74, 6) is 0.179. The molecule has 0 amide bonds. The summed E-state index contributed by atoms with van der Waals surface area (Å²) < 4.78 is 13.2. The number of halogens is 1. The molecule has 14 heavy (non-hydrogen) atoms. The van der Waals surface area contributed by atoms with E-state index in [0.717, 1.165) is 24.0 Å². The Morgan fingerprint density at radius 2 is 2.07 bits per heavy atom. The van der Waals surface area contributed by atoms with Crippen LogP contribution < -0.4 is 11.5 Å². The molecule has 0 bridgehead atoms. The van der Waals surface area contributed by atoms with Crippen LogP contribution >= 0.6 is 0 Å². The number of benzene rings is 1. The van der Waals surface area contributed by atoms with Crippen LogP contribution in [0.5, 0.6) is 0 Å². The summed E-state index contributed by atoms with van der Waals surface area (Å²) in [4.78, 5) is 0. The van der Waals surface area contributed by atoms with Crippen LogP contribution in [0.1, 0.15) is 30.0 Å². The second kappa shape index (κ2) is 3.24. The van der Waals surface area contributed by atoms with Crippen LogP contribution in [0.15, 0.2) is 12.1 Å². The Bertz CT molecular complexity index is 359. The summed E-state index contributed by atoms with van der Waals surface area (Å²) in [6.07, 6.45) is 2.32. The fraction of sp³-hybridized carbons (Fsp3) is 0.455. The van der Waals surface area contributed by atoms with Crippen molar-refractivity contribution in [1.29, 1.82) is 0 Å². The second-order valence-electron chi connectivity index (χ2n) is 4.09. The minimum Gasteiger partial charge on any atom is -0.396 e. The Morgan fingerprint density at radius 1 is 1.43 bits per heavy atom. The van der Waals surface area contributed by atoms with E-state index in [1.54, 1.807) is 6.07 Å². The van der Waals surface area contributed by atoms with Gasteiger partial charge in [-0.05, 0) is 48.9 Å². The van der Waals surface area contributed by atoms with Gasteiger partial charge in [0.15, 0.2) is 0 Å². The zero-order chi connectivity index (χ0) is 10.3. The van der Waals surface area contributed by atoms with Crippen LogP contribution in [0, 0.1) is 18.7 Å². The summed E-state index contributed by atoms with van der Waals surface area (Å²) in [6, 6.07) is 3.12. The van der Waals surface area contributed by atoms with Gasteiger partial charge in [-0.3, -0.25) is 0 Å². The van der Waals surface area contributed by atoms with Crippen LogP contribution in [0.2, 0.25) is 0 Å². The molecule has 0 aliphatic heterocycles. The van der Waals surface area contributed by atoms with Gasteiger partial charge < -0.3 is 11.5 Å². The summed E-state index contributed by atoms with van der Waals surface area (Å²) >= 11 is 0. The quantitative estimate of drug-likeness (QED) is 0.708. The number of aryl methyl sites for hydroxylation is 1. The first kappa shape index (κ1) is 9.46. The lowest BCUT2D eigenvalue weighted by atomic mass is 9.98. The van der Waals surface area contributed by atoms with Gasteiger partial charge in [0, 0.05) is 6.04 Å². The van der Waals surface area contributed by atoms with E-state index in [2.05, 4.69) is 0 Å². The number of rotatable bonds is 2. The molecule has 76 valence electrons. The molecule has 1 aliphatic carbocycles. The van der Waals surface area contributed by atoms with Gasteiger partial charge in [0.1, 0.15) is 5.82 Å². The van der Waals surface area contributed by atoms with E-state index in [0.29, 0.717) is 5.92 Å². The maximum atomic E-state index is 13.2. The van der Waals surface area contributed by atoms with Gasteiger partial charge in [-0.15, -0.1) is 0 Å². The molecule has 0 saturated heterocycles. The molecule has 1 aromatic carbocycles. The summed E-state index contributed by atoms with van der Waals surface area (Å²) in [5.41, 5.74) is 13.6. The van der Waals surface area contributed by atoms with Crippen LogP contribution in [-0.4, -0.2) is 0 Å². The van der Waals surface area contributed by atoms with Crippen molar-refractivity contribution >= 4 is 5.69 Å². The lowest BCUT2D eigenvalue weighted by molar-refractivity contribution is 0.602. The Hall–Kier alpha value is -1.09. The number of hydrogen-bond acceptors (Lipinski definition) is 2. The van der Waals surface area contributed by atoms with E-state index in [4.69, 9.17) is 11.5 Å². The average molecular weight is 194 g/mol. The fourth-order valence-electron chi connectivity index (χ4n) is 1.79. The zero-order valence-corrected chi connectivity index (χ0v) is 8.26. The third-order valence-electron chi connectivity index (χ3n) is 2.87. The van der Waals surface area contributed by atoms with Gasteiger partial charge in [-0.1, -0.05) is 0 Å². The van der Waals surface area contributed by atoms with Crippen molar-refractivity contribution in [2.45, 2.75) is 25.8 Å². The van der Waals surface area contributed by atoms with Crippen molar-refractivity contribution in [3.8, 4) is 0 Å². The molecule has 1 fully saturated rings. The Labute approximate surface area is 83.1 Å². The maximum Gasteiger partial charge on any atom is 0.146 e. The number of anilines is 1. The molecule has 0 heterocycles. The summed E-state index contributed by atoms with van der Waals surface area (Å²) in [7, 11) is 0. The van der Waals surface area contributed by atoms with E-state index in [-0.39, 0.29) is 17.5 Å². The lowest BCUT2D eigenvalue weighted by Crippen LogP contribution is -2.14. The monoisotopic (exact) mass is 194 g/mol. The van der Waals surface area contributed by atoms with Crippen molar-refractivity contribution < 1.29 is 4.39 Å². The van der Waals surface area contributed by atoms with Gasteiger partial charge in [-0.25, -0.2) is 4.39 Å². The first-order valence-corrected chi connectivity index (χ1v) is 4.90. The zero-order valence-electron chi connectivity index (χ0n) is 8.26. The highest BCUT2D eigenvalue weighted by atomic mass is 19.1. The third kappa shape index (κ3) is 1.60. The molecule has 1 aromatic rings. The smallest absolute Gasteiger partial charge is 0.146 e. The van der Waals surface area contributed by atoms with E-state index >= 15 is 0 Å². The lowest BCUT2D eigenvalue weighted by Gasteiger charge is -2.14. The normalized spacial score (nSPS) is 18.2. The molecule has 2 nitrogen and oxygen atoms in total. The number of hydrogen-bond donors (Lipinski definition) is 2. The molecule has 3 heteroatoms.